The van der Waals surface area contributed by atoms with Crippen LogP contribution in [0.3, 0.4) is 0 Å². The zero-order valence-corrected chi connectivity index (χ0v) is 14.8. The molecule has 0 unspecified atom stereocenters. The molecule has 2 amide bonds. The summed E-state index contributed by atoms with van der Waals surface area (Å²) in [7, 11) is 1.84. The number of hydrogen-bond donors (Lipinski definition) is 0. The Morgan fingerprint density at radius 1 is 1.17 bits per heavy atom. The molecule has 1 saturated heterocycles. The SMILES string of the molecule is CCOC(=O)N1CCN(CC(=O)N(C)Cc2ccccc2C)CC1. The number of benzene rings is 1. The summed E-state index contributed by atoms with van der Waals surface area (Å²) in [5, 5.41) is 0. The second-order valence-electron chi connectivity index (χ2n) is 6.14. The highest BCUT2D eigenvalue weighted by atomic mass is 16.6. The van der Waals surface area contributed by atoms with Gasteiger partial charge in [0.05, 0.1) is 13.2 Å². The first-order valence-corrected chi connectivity index (χ1v) is 8.43. The molecule has 0 saturated carbocycles. The molecule has 0 aliphatic carbocycles. The number of hydrogen-bond acceptors (Lipinski definition) is 4. The van der Waals surface area contributed by atoms with Gasteiger partial charge in [0.2, 0.25) is 5.91 Å². The summed E-state index contributed by atoms with van der Waals surface area (Å²) < 4.78 is 5.01. The average Bonchev–Trinajstić information content (AvgIpc) is 2.57. The number of carbonyl (C=O) groups is 2. The van der Waals surface area contributed by atoms with Crippen LogP contribution < -0.4 is 0 Å². The molecule has 6 heteroatoms. The molecule has 0 spiro atoms. The predicted octanol–water partition coefficient (Wildman–Crippen LogP) is 1.73. The number of amides is 2. The van der Waals surface area contributed by atoms with E-state index in [9.17, 15) is 9.59 Å². The third-order valence-electron chi connectivity index (χ3n) is 4.35. The highest BCUT2D eigenvalue weighted by molar-refractivity contribution is 5.78. The minimum Gasteiger partial charge on any atom is -0.450 e. The standard InChI is InChI=1S/C18H27N3O3/c1-4-24-18(23)21-11-9-20(10-12-21)14-17(22)19(3)13-16-8-6-5-7-15(16)2/h5-8H,4,9-14H2,1-3H3. The largest absolute Gasteiger partial charge is 0.450 e. The lowest BCUT2D eigenvalue weighted by molar-refractivity contribution is -0.132. The highest BCUT2D eigenvalue weighted by Gasteiger charge is 2.24. The molecule has 1 aliphatic heterocycles. The second-order valence-corrected chi connectivity index (χ2v) is 6.14. The molecular weight excluding hydrogens is 306 g/mol. The molecule has 0 atom stereocenters. The number of rotatable bonds is 5. The van der Waals surface area contributed by atoms with E-state index in [0.717, 1.165) is 0 Å². The van der Waals surface area contributed by atoms with E-state index in [4.69, 9.17) is 4.74 Å². The molecule has 1 aliphatic rings. The van der Waals surface area contributed by atoms with E-state index in [2.05, 4.69) is 24.0 Å². The maximum Gasteiger partial charge on any atom is 0.409 e. The fourth-order valence-electron chi connectivity index (χ4n) is 2.75. The molecule has 0 aromatic heterocycles. The van der Waals surface area contributed by atoms with Gasteiger partial charge in [-0.25, -0.2) is 4.79 Å². The van der Waals surface area contributed by atoms with Gasteiger partial charge in [-0.15, -0.1) is 0 Å². The Labute approximate surface area is 144 Å². The number of nitrogens with zero attached hydrogens (tertiary/aromatic N) is 3. The third kappa shape index (κ3) is 4.96. The van der Waals surface area contributed by atoms with Crippen LogP contribution in [0.4, 0.5) is 4.79 Å². The quantitative estimate of drug-likeness (QED) is 0.823. The highest BCUT2D eigenvalue weighted by Crippen LogP contribution is 2.10. The summed E-state index contributed by atoms with van der Waals surface area (Å²) >= 11 is 0. The third-order valence-corrected chi connectivity index (χ3v) is 4.35. The summed E-state index contributed by atoms with van der Waals surface area (Å²) in [6.07, 6.45) is -0.264. The van der Waals surface area contributed by atoms with Crippen molar-refractivity contribution in [3.05, 3.63) is 35.4 Å². The van der Waals surface area contributed by atoms with Crippen molar-refractivity contribution in [1.29, 1.82) is 0 Å². The summed E-state index contributed by atoms with van der Waals surface area (Å²) in [5.41, 5.74) is 2.36. The smallest absolute Gasteiger partial charge is 0.409 e. The summed E-state index contributed by atoms with van der Waals surface area (Å²) in [4.78, 5) is 29.7. The van der Waals surface area contributed by atoms with Crippen molar-refractivity contribution in [3.63, 3.8) is 0 Å². The first kappa shape index (κ1) is 18.3. The number of aryl methyl sites for hydroxylation is 1. The van der Waals surface area contributed by atoms with Gasteiger partial charge in [0, 0.05) is 39.8 Å². The Hall–Kier alpha value is -2.08. The van der Waals surface area contributed by atoms with Crippen molar-refractivity contribution in [3.8, 4) is 0 Å². The van der Waals surface area contributed by atoms with Crippen LogP contribution in [0.1, 0.15) is 18.1 Å². The lowest BCUT2D eigenvalue weighted by Gasteiger charge is -2.34. The number of piperazine rings is 1. The van der Waals surface area contributed by atoms with Crippen molar-refractivity contribution in [2.45, 2.75) is 20.4 Å². The van der Waals surface area contributed by atoms with Crippen molar-refractivity contribution in [2.75, 3.05) is 46.4 Å². The summed E-state index contributed by atoms with van der Waals surface area (Å²) in [6.45, 7) is 7.86. The van der Waals surface area contributed by atoms with Gasteiger partial charge in [0.1, 0.15) is 0 Å². The first-order valence-electron chi connectivity index (χ1n) is 8.43. The Balaban J connectivity index is 1.79. The molecule has 1 aromatic rings. The van der Waals surface area contributed by atoms with Crippen LogP contribution in [-0.4, -0.2) is 73.1 Å². The molecule has 2 rings (SSSR count). The van der Waals surface area contributed by atoms with Crippen LogP contribution in [0.5, 0.6) is 0 Å². The molecule has 132 valence electrons. The molecule has 1 fully saturated rings. The minimum absolute atomic E-state index is 0.0998. The average molecular weight is 333 g/mol. The summed E-state index contributed by atoms with van der Waals surface area (Å²) in [6, 6.07) is 8.11. The lowest BCUT2D eigenvalue weighted by Crippen LogP contribution is -2.51. The summed E-state index contributed by atoms with van der Waals surface area (Å²) in [5.74, 6) is 0.0998. The number of ether oxygens (including phenoxy) is 1. The predicted molar refractivity (Wildman–Crippen MR) is 92.7 cm³/mol. The fraction of sp³-hybridized carbons (Fsp3) is 0.556. The molecule has 1 aromatic carbocycles. The molecule has 0 radical (unpaired) electrons. The van der Waals surface area contributed by atoms with Gasteiger partial charge < -0.3 is 14.5 Å². The van der Waals surface area contributed by atoms with E-state index in [0.29, 0.717) is 45.9 Å². The second kappa shape index (κ2) is 8.68. The van der Waals surface area contributed by atoms with E-state index >= 15 is 0 Å². The fourth-order valence-corrected chi connectivity index (χ4v) is 2.75. The normalized spacial score (nSPS) is 15.2. The molecule has 0 bridgehead atoms. The van der Waals surface area contributed by atoms with Gasteiger partial charge in [0.25, 0.3) is 0 Å². The zero-order chi connectivity index (χ0) is 17.5. The van der Waals surface area contributed by atoms with Gasteiger partial charge in [-0.2, -0.15) is 0 Å². The van der Waals surface area contributed by atoms with Crippen molar-refractivity contribution in [2.24, 2.45) is 0 Å². The van der Waals surface area contributed by atoms with Gasteiger partial charge in [-0.1, -0.05) is 24.3 Å². The van der Waals surface area contributed by atoms with Crippen LogP contribution in [0.15, 0.2) is 24.3 Å². The monoisotopic (exact) mass is 333 g/mol. The zero-order valence-electron chi connectivity index (χ0n) is 14.8. The van der Waals surface area contributed by atoms with Crippen LogP contribution in [0.2, 0.25) is 0 Å². The van der Waals surface area contributed by atoms with Gasteiger partial charge in [-0.05, 0) is 25.0 Å². The number of likely N-dealkylation sites (N-methyl/N-ethyl adjacent to an activating group) is 1. The Morgan fingerprint density at radius 3 is 2.46 bits per heavy atom. The van der Waals surface area contributed by atoms with Crippen LogP contribution in [0.25, 0.3) is 0 Å². The molecule has 24 heavy (non-hydrogen) atoms. The maximum absolute atomic E-state index is 12.4. The van der Waals surface area contributed by atoms with Crippen LogP contribution in [-0.2, 0) is 16.1 Å². The van der Waals surface area contributed by atoms with E-state index in [-0.39, 0.29) is 12.0 Å². The van der Waals surface area contributed by atoms with Crippen molar-refractivity contribution < 1.29 is 14.3 Å². The van der Waals surface area contributed by atoms with E-state index < -0.39 is 0 Å². The minimum atomic E-state index is -0.264. The van der Waals surface area contributed by atoms with E-state index in [1.165, 1.54) is 11.1 Å². The Kier molecular flexibility index (Phi) is 6.61. The number of carbonyl (C=O) groups excluding carboxylic acids is 2. The van der Waals surface area contributed by atoms with Crippen molar-refractivity contribution in [1.82, 2.24) is 14.7 Å². The topological polar surface area (TPSA) is 53.1 Å². The lowest BCUT2D eigenvalue weighted by atomic mass is 10.1. The Morgan fingerprint density at radius 2 is 1.83 bits per heavy atom. The Bertz CT molecular complexity index is 568. The molecule has 6 nitrogen and oxygen atoms in total. The van der Waals surface area contributed by atoms with Gasteiger partial charge in [0.15, 0.2) is 0 Å². The maximum atomic E-state index is 12.4. The molecular formula is C18H27N3O3. The van der Waals surface area contributed by atoms with Crippen LogP contribution in [0, 0.1) is 6.92 Å². The van der Waals surface area contributed by atoms with Crippen LogP contribution >= 0.6 is 0 Å². The molecule has 1 heterocycles. The van der Waals surface area contributed by atoms with E-state index in [1.807, 2.05) is 19.2 Å². The van der Waals surface area contributed by atoms with Gasteiger partial charge >= 0.3 is 6.09 Å². The van der Waals surface area contributed by atoms with Crippen molar-refractivity contribution >= 4 is 12.0 Å². The first-order chi connectivity index (χ1) is 11.5. The van der Waals surface area contributed by atoms with Gasteiger partial charge in [-0.3, -0.25) is 9.69 Å². The van der Waals surface area contributed by atoms with E-state index in [1.54, 1.807) is 16.7 Å². The molecule has 0 N–H and O–H groups in total.